The Hall–Kier alpha value is -1.11. The summed E-state index contributed by atoms with van der Waals surface area (Å²) in [7, 11) is 0.0406. The van der Waals surface area contributed by atoms with Crippen molar-refractivity contribution in [1.29, 1.82) is 0 Å². The third kappa shape index (κ3) is 2.97. The van der Waals surface area contributed by atoms with Gasteiger partial charge in [0.15, 0.2) is 0 Å². The first-order chi connectivity index (χ1) is 9.48. The van der Waals surface area contributed by atoms with Crippen molar-refractivity contribution in [3.05, 3.63) is 23.8 Å². The lowest BCUT2D eigenvalue weighted by molar-refractivity contribution is 0.293. The molecule has 1 fully saturated rings. The topological polar surface area (TPSA) is 58.6 Å². The fraction of sp³-hybridized carbons (Fsp3) is 0.571. The zero-order valence-corrected chi connectivity index (χ0v) is 13.0. The normalized spacial score (nSPS) is 20.9. The van der Waals surface area contributed by atoms with Crippen molar-refractivity contribution in [1.82, 2.24) is 9.62 Å². The molecule has 1 aliphatic heterocycles. The lowest BCUT2D eigenvalue weighted by Gasteiger charge is -2.31. The van der Waals surface area contributed by atoms with Gasteiger partial charge < -0.3 is 10.1 Å². The summed E-state index contributed by atoms with van der Waals surface area (Å²) < 4.78 is 32.1. The van der Waals surface area contributed by atoms with E-state index >= 15 is 0 Å². The number of sulfonamides is 1. The summed E-state index contributed by atoms with van der Waals surface area (Å²) in [5.74, 6) is 0.704. The lowest BCUT2D eigenvalue weighted by atomic mass is 10.1. The molecule has 5 nitrogen and oxygen atoms in total. The Balaban J connectivity index is 2.28. The third-order valence-electron chi connectivity index (χ3n) is 3.80. The average molecular weight is 298 g/mol. The maximum atomic E-state index is 12.7. The summed E-state index contributed by atoms with van der Waals surface area (Å²) in [4.78, 5) is 0.340. The minimum absolute atomic E-state index is 0.234. The van der Waals surface area contributed by atoms with E-state index in [-0.39, 0.29) is 6.04 Å². The first-order valence-electron chi connectivity index (χ1n) is 6.81. The highest BCUT2D eigenvalue weighted by molar-refractivity contribution is 7.89. The van der Waals surface area contributed by atoms with Gasteiger partial charge in [-0.3, -0.25) is 0 Å². The predicted octanol–water partition coefficient (Wildman–Crippen LogP) is 1.38. The Labute approximate surface area is 121 Å². The van der Waals surface area contributed by atoms with Crippen molar-refractivity contribution in [2.45, 2.75) is 30.7 Å². The summed E-state index contributed by atoms with van der Waals surface area (Å²) in [5, 5.41) is 3.16. The molecule has 1 aromatic carbocycles. The highest BCUT2D eigenvalue weighted by atomic mass is 32.2. The van der Waals surface area contributed by atoms with Crippen molar-refractivity contribution in [2.24, 2.45) is 0 Å². The van der Waals surface area contributed by atoms with Gasteiger partial charge in [-0.2, -0.15) is 4.31 Å². The molecule has 0 aromatic heterocycles. The Kier molecular flexibility index (Phi) is 4.67. The highest BCUT2D eigenvalue weighted by Gasteiger charge is 2.29. The first kappa shape index (κ1) is 15.3. The molecule has 112 valence electrons. The molecule has 1 aliphatic rings. The number of piperidine rings is 1. The van der Waals surface area contributed by atoms with Gasteiger partial charge in [0.05, 0.1) is 12.0 Å². The van der Waals surface area contributed by atoms with E-state index in [1.54, 1.807) is 29.6 Å². The summed E-state index contributed by atoms with van der Waals surface area (Å²) in [6.45, 7) is 2.97. The zero-order valence-electron chi connectivity index (χ0n) is 12.2. The Morgan fingerprint density at radius 1 is 1.40 bits per heavy atom. The second-order valence-electron chi connectivity index (χ2n) is 5.12. The zero-order chi connectivity index (χ0) is 14.8. The van der Waals surface area contributed by atoms with Crippen LogP contribution in [0.25, 0.3) is 0 Å². The molecule has 20 heavy (non-hydrogen) atoms. The van der Waals surface area contributed by atoms with Gasteiger partial charge in [0.2, 0.25) is 10.0 Å². The maximum Gasteiger partial charge on any atom is 0.243 e. The van der Waals surface area contributed by atoms with E-state index in [0.29, 0.717) is 23.7 Å². The summed E-state index contributed by atoms with van der Waals surface area (Å²) in [6, 6.07) is 5.24. The number of rotatable bonds is 4. The Morgan fingerprint density at radius 2 is 2.15 bits per heavy atom. The molecule has 0 aliphatic carbocycles. The summed E-state index contributed by atoms with van der Waals surface area (Å²) in [5.41, 5.74) is 0.829. The van der Waals surface area contributed by atoms with E-state index < -0.39 is 10.0 Å². The van der Waals surface area contributed by atoms with Gasteiger partial charge in [-0.15, -0.1) is 0 Å². The number of benzene rings is 1. The van der Waals surface area contributed by atoms with Crippen LogP contribution in [0, 0.1) is 6.92 Å². The van der Waals surface area contributed by atoms with E-state index in [1.165, 1.54) is 0 Å². The van der Waals surface area contributed by atoms with E-state index in [0.717, 1.165) is 18.4 Å². The average Bonchev–Trinajstić information content (AvgIpc) is 2.47. The van der Waals surface area contributed by atoms with Crippen LogP contribution >= 0.6 is 0 Å². The largest absolute Gasteiger partial charge is 0.496 e. The molecule has 2 rings (SSSR count). The molecular formula is C14H22N2O3S. The number of nitrogens with one attached hydrogen (secondary N) is 1. The van der Waals surface area contributed by atoms with Crippen molar-refractivity contribution >= 4 is 10.0 Å². The molecule has 1 saturated heterocycles. The van der Waals surface area contributed by atoms with Crippen LogP contribution in [0.5, 0.6) is 5.75 Å². The predicted molar refractivity (Wildman–Crippen MR) is 78.6 cm³/mol. The van der Waals surface area contributed by atoms with Crippen LogP contribution < -0.4 is 10.1 Å². The molecule has 1 heterocycles. The van der Waals surface area contributed by atoms with Crippen molar-refractivity contribution in [2.75, 3.05) is 27.2 Å². The molecular weight excluding hydrogens is 276 g/mol. The second-order valence-corrected chi connectivity index (χ2v) is 7.06. The number of methoxy groups -OCH3 is 1. The van der Waals surface area contributed by atoms with Crippen LogP contribution in [0.3, 0.4) is 0 Å². The Morgan fingerprint density at radius 3 is 2.75 bits per heavy atom. The molecule has 1 aromatic rings. The smallest absolute Gasteiger partial charge is 0.243 e. The number of ether oxygens (including phenoxy) is 1. The fourth-order valence-corrected chi connectivity index (χ4v) is 4.17. The van der Waals surface area contributed by atoms with E-state index in [2.05, 4.69) is 5.32 Å². The van der Waals surface area contributed by atoms with Gasteiger partial charge in [-0.1, -0.05) is 0 Å². The molecule has 6 heteroatoms. The monoisotopic (exact) mass is 298 g/mol. The van der Waals surface area contributed by atoms with Crippen LogP contribution in [0.15, 0.2) is 23.1 Å². The molecule has 0 spiro atoms. The van der Waals surface area contributed by atoms with Crippen LogP contribution in [0.2, 0.25) is 0 Å². The molecule has 0 bridgehead atoms. The molecule has 0 amide bonds. The lowest BCUT2D eigenvalue weighted by Crippen LogP contribution is -2.46. The fourth-order valence-electron chi connectivity index (χ4n) is 2.56. The van der Waals surface area contributed by atoms with Crippen molar-refractivity contribution < 1.29 is 13.2 Å². The van der Waals surface area contributed by atoms with Gasteiger partial charge in [0.25, 0.3) is 0 Å². The van der Waals surface area contributed by atoms with Crippen LogP contribution in [-0.2, 0) is 10.0 Å². The number of nitrogens with zero attached hydrogens (tertiary/aromatic N) is 1. The molecule has 1 atom stereocenters. The van der Waals surface area contributed by atoms with Crippen LogP contribution in [-0.4, -0.2) is 46.0 Å². The quantitative estimate of drug-likeness (QED) is 0.912. The van der Waals surface area contributed by atoms with E-state index in [4.69, 9.17) is 4.74 Å². The SMILES string of the molecule is CN[C@@H]1CCCN(S(=O)(=O)c2ccc(OC)c(C)c2)C1. The van der Waals surface area contributed by atoms with Gasteiger partial charge in [-0.25, -0.2) is 8.42 Å². The number of hydrogen-bond acceptors (Lipinski definition) is 4. The number of likely N-dealkylation sites (N-methyl/N-ethyl adjacent to an activating group) is 1. The molecule has 1 N–H and O–H groups in total. The number of hydrogen-bond donors (Lipinski definition) is 1. The van der Waals surface area contributed by atoms with E-state index in [9.17, 15) is 8.42 Å². The molecule has 0 unspecified atom stereocenters. The van der Waals surface area contributed by atoms with Crippen LogP contribution in [0.1, 0.15) is 18.4 Å². The first-order valence-corrected chi connectivity index (χ1v) is 8.25. The minimum atomic E-state index is -3.41. The van der Waals surface area contributed by atoms with Crippen molar-refractivity contribution in [3.8, 4) is 5.75 Å². The summed E-state index contributed by atoms with van der Waals surface area (Å²) in [6.07, 6.45) is 1.91. The van der Waals surface area contributed by atoms with Gasteiger partial charge in [0, 0.05) is 19.1 Å². The minimum Gasteiger partial charge on any atom is -0.496 e. The maximum absolute atomic E-state index is 12.7. The Bertz CT molecular complexity index is 572. The second kappa shape index (κ2) is 6.11. The van der Waals surface area contributed by atoms with Crippen molar-refractivity contribution in [3.63, 3.8) is 0 Å². The van der Waals surface area contributed by atoms with E-state index in [1.807, 2.05) is 14.0 Å². The summed E-state index contributed by atoms with van der Waals surface area (Å²) >= 11 is 0. The van der Waals surface area contributed by atoms with Gasteiger partial charge >= 0.3 is 0 Å². The van der Waals surface area contributed by atoms with Gasteiger partial charge in [-0.05, 0) is 50.6 Å². The van der Waals surface area contributed by atoms with Crippen LogP contribution in [0.4, 0.5) is 0 Å². The molecule has 0 radical (unpaired) electrons. The third-order valence-corrected chi connectivity index (χ3v) is 5.66. The number of aryl methyl sites for hydroxylation is 1. The standard InChI is InChI=1S/C14H22N2O3S/c1-11-9-13(6-7-14(11)19-3)20(17,18)16-8-4-5-12(10-16)15-2/h6-7,9,12,15H,4-5,8,10H2,1-3H3/t12-/m1/s1. The molecule has 0 saturated carbocycles. The van der Waals surface area contributed by atoms with Gasteiger partial charge in [0.1, 0.15) is 5.75 Å². The highest BCUT2D eigenvalue weighted by Crippen LogP contribution is 2.25.